The van der Waals surface area contributed by atoms with Gasteiger partial charge in [-0.15, -0.1) is 0 Å². The van der Waals surface area contributed by atoms with Crippen molar-refractivity contribution in [1.29, 1.82) is 0 Å². The molecule has 0 amide bonds. The molecule has 0 aliphatic rings. The van der Waals surface area contributed by atoms with Crippen molar-refractivity contribution in [3.8, 4) is 11.5 Å². The van der Waals surface area contributed by atoms with Gasteiger partial charge in [0.1, 0.15) is 5.69 Å². The van der Waals surface area contributed by atoms with Crippen molar-refractivity contribution in [2.75, 3.05) is 0 Å². The number of nitrogens with zero attached hydrogens (tertiary/aromatic N) is 2. The number of nitrogens with one attached hydrogen (secondary N) is 1. The van der Waals surface area contributed by atoms with Gasteiger partial charge in [0.05, 0.1) is 15.6 Å². The molecule has 2 heterocycles. The number of pyridine rings is 1. The minimum Gasteiger partial charge on any atom is -0.305 e. The van der Waals surface area contributed by atoms with Crippen molar-refractivity contribution in [3.05, 3.63) is 79.3 Å². The van der Waals surface area contributed by atoms with Gasteiger partial charge in [-0.3, -0.25) is 9.78 Å². The van der Waals surface area contributed by atoms with Gasteiger partial charge in [-0.25, -0.2) is 4.98 Å². The minimum absolute atomic E-state index is 0.143. The molecule has 9 heteroatoms. The van der Waals surface area contributed by atoms with Gasteiger partial charge >= 0.3 is 6.18 Å². The maximum Gasteiger partial charge on any atom is 0.433 e. The summed E-state index contributed by atoms with van der Waals surface area (Å²) in [7, 11) is 0. The molecule has 3 aromatic rings. The van der Waals surface area contributed by atoms with Gasteiger partial charge in [-0.1, -0.05) is 35.3 Å². The second kappa shape index (κ2) is 7.32. The molecule has 4 nitrogen and oxygen atoms in total. The molecule has 0 radical (unpaired) electrons. The molecule has 27 heavy (non-hydrogen) atoms. The third kappa shape index (κ3) is 4.31. The van der Waals surface area contributed by atoms with Crippen LogP contribution in [0.5, 0.6) is 0 Å². The summed E-state index contributed by atoms with van der Waals surface area (Å²) >= 11 is 11.7. The highest BCUT2D eigenvalue weighted by Gasteiger charge is 2.37. The summed E-state index contributed by atoms with van der Waals surface area (Å²) in [6, 6.07) is 7.53. The third-order valence-corrected chi connectivity index (χ3v) is 4.54. The lowest BCUT2D eigenvalue weighted by atomic mass is 10.0. The van der Waals surface area contributed by atoms with Gasteiger partial charge in [-0.05, 0) is 36.2 Å². The van der Waals surface area contributed by atoms with Crippen LogP contribution in [0.15, 0.2) is 41.3 Å². The van der Waals surface area contributed by atoms with Crippen LogP contribution >= 0.6 is 23.2 Å². The van der Waals surface area contributed by atoms with Crippen molar-refractivity contribution in [2.24, 2.45) is 0 Å². The van der Waals surface area contributed by atoms with Gasteiger partial charge in [0.15, 0.2) is 11.5 Å². The second-order valence-electron chi connectivity index (χ2n) is 5.89. The molecule has 0 saturated carbocycles. The monoisotopic (exact) mass is 413 g/mol. The first kappa shape index (κ1) is 19.4. The number of benzene rings is 1. The second-order valence-corrected chi connectivity index (χ2v) is 6.70. The lowest BCUT2D eigenvalue weighted by Crippen LogP contribution is -2.24. The van der Waals surface area contributed by atoms with Gasteiger partial charge in [0.2, 0.25) is 0 Å². The Kier molecular flexibility index (Phi) is 5.26. The predicted octanol–water partition coefficient (Wildman–Crippen LogP) is 5.06. The Morgan fingerprint density at radius 2 is 1.85 bits per heavy atom. The van der Waals surface area contributed by atoms with Crippen LogP contribution in [0.1, 0.15) is 22.4 Å². The number of halogens is 5. The summed E-state index contributed by atoms with van der Waals surface area (Å²) < 4.78 is 40.7. The zero-order chi connectivity index (χ0) is 19.8. The van der Waals surface area contributed by atoms with E-state index in [0.717, 1.165) is 5.56 Å². The number of hydrogen-bond donors (Lipinski definition) is 1. The van der Waals surface area contributed by atoms with Crippen molar-refractivity contribution >= 4 is 23.2 Å². The summed E-state index contributed by atoms with van der Waals surface area (Å²) in [5.74, 6) is -0.245. The summed E-state index contributed by atoms with van der Waals surface area (Å²) in [5.41, 5.74) is -1.27. The number of hydrogen-bond acceptors (Lipinski definition) is 3. The number of alkyl halides is 3. The fraction of sp³-hybridized carbons (Fsp3) is 0.167. The zero-order valence-electron chi connectivity index (χ0n) is 13.9. The number of aromatic nitrogens is 3. The van der Waals surface area contributed by atoms with Crippen molar-refractivity contribution < 1.29 is 13.2 Å². The molecule has 0 atom stereocenters. The van der Waals surface area contributed by atoms with Crippen LogP contribution < -0.4 is 5.56 Å². The van der Waals surface area contributed by atoms with Gasteiger partial charge in [0, 0.05) is 12.6 Å². The summed E-state index contributed by atoms with van der Waals surface area (Å²) in [4.78, 5) is 22.5. The molecule has 2 aromatic heterocycles. The van der Waals surface area contributed by atoms with E-state index < -0.39 is 23.0 Å². The van der Waals surface area contributed by atoms with E-state index in [1.165, 1.54) is 30.5 Å². The van der Waals surface area contributed by atoms with Crippen LogP contribution in [0.3, 0.4) is 0 Å². The molecule has 0 fully saturated rings. The Balaban J connectivity index is 2.11. The molecule has 0 aliphatic carbocycles. The van der Waals surface area contributed by atoms with Crippen molar-refractivity contribution in [2.45, 2.75) is 19.5 Å². The van der Waals surface area contributed by atoms with Crippen LogP contribution in [0.25, 0.3) is 11.5 Å². The van der Waals surface area contributed by atoms with Crippen LogP contribution in [0.4, 0.5) is 13.2 Å². The molecule has 140 valence electrons. The third-order valence-electron chi connectivity index (χ3n) is 3.80. The van der Waals surface area contributed by atoms with E-state index in [1.807, 2.05) is 0 Å². The quantitative estimate of drug-likeness (QED) is 0.652. The van der Waals surface area contributed by atoms with E-state index in [1.54, 1.807) is 13.0 Å². The molecular formula is C18H12Cl2F3N3O. The molecule has 0 aliphatic heterocycles. The highest BCUT2D eigenvalue weighted by atomic mass is 35.5. The number of H-pyrrole nitrogens is 1. The first-order valence-corrected chi connectivity index (χ1v) is 8.48. The summed E-state index contributed by atoms with van der Waals surface area (Å²) in [6.45, 7) is 1.79. The first-order chi connectivity index (χ1) is 12.6. The Morgan fingerprint density at radius 3 is 2.44 bits per heavy atom. The van der Waals surface area contributed by atoms with Gasteiger partial charge in [0.25, 0.3) is 5.56 Å². The van der Waals surface area contributed by atoms with Crippen molar-refractivity contribution in [3.63, 3.8) is 0 Å². The molecule has 1 aromatic carbocycles. The Morgan fingerprint density at radius 1 is 1.11 bits per heavy atom. The lowest BCUT2D eigenvalue weighted by Gasteiger charge is -2.13. The Labute approximate surface area is 162 Å². The van der Waals surface area contributed by atoms with E-state index in [0.29, 0.717) is 5.56 Å². The van der Waals surface area contributed by atoms with Crippen LogP contribution in [-0.4, -0.2) is 15.0 Å². The Hall–Kier alpha value is -2.38. The van der Waals surface area contributed by atoms with Gasteiger partial charge < -0.3 is 4.98 Å². The molecule has 0 bridgehead atoms. The molecule has 1 N–H and O–H groups in total. The smallest absolute Gasteiger partial charge is 0.305 e. The number of aromatic amines is 1. The Bertz CT molecular complexity index is 1050. The zero-order valence-corrected chi connectivity index (χ0v) is 15.4. The van der Waals surface area contributed by atoms with Crippen LogP contribution in [0, 0.1) is 6.92 Å². The maximum absolute atomic E-state index is 13.6. The highest BCUT2D eigenvalue weighted by Crippen LogP contribution is 2.32. The average Bonchev–Trinajstić information content (AvgIpc) is 2.59. The first-order valence-electron chi connectivity index (χ1n) is 7.72. The largest absolute Gasteiger partial charge is 0.433 e. The molecular weight excluding hydrogens is 402 g/mol. The van der Waals surface area contributed by atoms with E-state index in [9.17, 15) is 18.0 Å². The molecule has 3 rings (SSSR count). The predicted molar refractivity (Wildman–Crippen MR) is 97.1 cm³/mol. The summed E-state index contributed by atoms with van der Waals surface area (Å²) in [6.07, 6.45) is -3.62. The van der Waals surface area contributed by atoms with E-state index in [2.05, 4.69) is 15.0 Å². The van der Waals surface area contributed by atoms with Crippen molar-refractivity contribution in [1.82, 2.24) is 15.0 Å². The van der Waals surface area contributed by atoms with E-state index in [-0.39, 0.29) is 28.0 Å². The standard InChI is InChI=1S/C18H12Cl2F3N3O/c1-9-2-5-14(24-8-9)16-25-15(18(21,22)23)11(17(27)26-16)6-10-3-4-12(19)13(20)7-10/h2-5,7-8H,6H2,1H3,(H,25,26,27). The van der Waals surface area contributed by atoms with E-state index in [4.69, 9.17) is 23.2 Å². The fourth-order valence-electron chi connectivity index (χ4n) is 2.48. The van der Waals surface area contributed by atoms with E-state index >= 15 is 0 Å². The summed E-state index contributed by atoms with van der Waals surface area (Å²) in [5, 5.41) is 0.455. The fourth-order valence-corrected chi connectivity index (χ4v) is 2.80. The average molecular weight is 414 g/mol. The topological polar surface area (TPSA) is 58.6 Å². The van der Waals surface area contributed by atoms with Gasteiger partial charge in [-0.2, -0.15) is 13.2 Å². The van der Waals surface area contributed by atoms with Crippen LogP contribution in [0.2, 0.25) is 10.0 Å². The minimum atomic E-state index is -4.81. The SMILES string of the molecule is Cc1ccc(-c2nc(C(F)(F)F)c(Cc3ccc(Cl)c(Cl)c3)c(=O)[nH]2)nc1. The lowest BCUT2D eigenvalue weighted by molar-refractivity contribution is -0.141. The number of aryl methyl sites for hydroxylation is 1. The van der Waals surface area contributed by atoms with Crippen LogP contribution in [-0.2, 0) is 12.6 Å². The molecule has 0 unspecified atom stereocenters. The number of rotatable bonds is 3. The normalized spacial score (nSPS) is 11.6. The molecule has 0 spiro atoms. The maximum atomic E-state index is 13.6. The molecule has 0 saturated heterocycles. The highest BCUT2D eigenvalue weighted by molar-refractivity contribution is 6.42.